The molecule has 1 amide bonds. The van der Waals surface area contributed by atoms with E-state index in [4.69, 9.17) is 16.3 Å². The lowest BCUT2D eigenvalue weighted by Crippen LogP contribution is -2.30. The summed E-state index contributed by atoms with van der Waals surface area (Å²) in [4.78, 5) is 23.3. The number of ether oxygens (including phenoxy) is 1. The van der Waals surface area contributed by atoms with Gasteiger partial charge >= 0.3 is 5.97 Å². The molecule has 1 heterocycles. The van der Waals surface area contributed by atoms with E-state index >= 15 is 0 Å². The van der Waals surface area contributed by atoms with Crippen molar-refractivity contribution in [2.75, 3.05) is 6.54 Å². The van der Waals surface area contributed by atoms with Crippen LogP contribution in [0.2, 0.25) is 4.34 Å². The summed E-state index contributed by atoms with van der Waals surface area (Å²) in [6.45, 7) is -0.299. The van der Waals surface area contributed by atoms with Crippen molar-refractivity contribution in [1.29, 1.82) is 0 Å². The van der Waals surface area contributed by atoms with E-state index in [-0.39, 0.29) is 19.1 Å². The molecule has 0 spiro atoms. The van der Waals surface area contributed by atoms with E-state index in [1.54, 1.807) is 24.3 Å². The number of nitrogens with one attached hydrogen (secondary N) is 1. The Morgan fingerprint density at radius 1 is 1.33 bits per heavy atom. The first-order valence-electron chi connectivity index (χ1n) is 5.72. The fourth-order valence-electron chi connectivity index (χ4n) is 1.34. The number of esters is 1. The zero-order valence-electron chi connectivity index (χ0n) is 10.5. The summed E-state index contributed by atoms with van der Waals surface area (Å²) in [5.41, 5.74) is 0.854. The van der Waals surface area contributed by atoms with Crippen LogP contribution in [0, 0.1) is 0 Å². The van der Waals surface area contributed by atoms with Gasteiger partial charge in [-0.1, -0.05) is 32.0 Å². The second-order valence-corrected chi connectivity index (χ2v) is 6.12. The molecule has 0 aliphatic rings. The first-order chi connectivity index (χ1) is 10.1. The van der Waals surface area contributed by atoms with Crippen LogP contribution in [0.4, 0.5) is 0 Å². The third-order valence-electron chi connectivity index (χ3n) is 2.38. The smallest absolute Gasteiger partial charge is 0.325 e. The maximum absolute atomic E-state index is 11.8. The van der Waals surface area contributed by atoms with Gasteiger partial charge in [0.2, 0.25) is 0 Å². The monoisotopic (exact) mass is 389 g/mol. The zero-order valence-corrected chi connectivity index (χ0v) is 13.7. The van der Waals surface area contributed by atoms with E-state index < -0.39 is 5.97 Å². The van der Waals surface area contributed by atoms with Crippen molar-refractivity contribution in [2.24, 2.45) is 0 Å². The molecule has 6 nitrogen and oxygen atoms in total. The molecular weight excluding hydrogens is 382 g/mol. The second kappa shape index (κ2) is 7.48. The van der Waals surface area contributed by atoms with Gasteiger partial charge in [-0.2, -0.15) is 0 Å². The lowest BCUT2D eigenvalue weighted by atomic mass is 10.2. The lowest BCUT2D eigenvalue weighted by Gasteiger charge is -2.05. The van der Waals surface area contributed by atoms with Crippen LogP contribution in [-0.4, -0.2) is 28.0 Å². The van der Waals surface area contributed by atoms with Crippen LogP contribution in [0.5, 0.6) is 0 Å². The summed E-state index contributed by atoms with van der Waals surface area (Å²) in [5.74, 6) is -0.933. The maximum Gasteiger partial charge on any atom is 0.325 e. The number of carbonyl (C=O) groups excluding carboxylic acids is 2. The maximum atomic E-state index is 11.8. The molecule has 1 aromatic carbocycles. The first-order valence-corrected chi connectivity index (χ1v) is 7.67. The van der Waals surface area contributed by atoms with Crippen LogP contribution in [0.1, 0.15) is 16.1 Å². The molecule has 9 heteroatoms. The van der Waals surface area contributed by atoms with E-state index in [9.17, 15) is 9.59 Å². The summed E-state index contributed by atoms with van der Waals surface area (Å²) in [5, 5.41) is 6.17. The third kappa shape index (κ3) is 4.76. The number of aromatic nitrogens is 2. The number of nitrogens with zero attached hydrogens (tertiary/aromatic N) is 2. The summed E-state index contributed by atoms with van der Waals surface area (Å²) in [6, 6.07) is 6.77. The molecule has 0 fully saturated rings. The Bertz CT molecular complexity index is 647. The van der Waals surface area contributed by atoms with Crippen LogP contribution in [0.3, 0.4) is 0 Å². The topological polar surface area (TPSA) is 81.2 Å². The van der Waals surface area contributed by atoms with E-state index in [1.165, 1.54) is 0 Å². The Morgan fingerprint density at radius 3 is 2.67 bits per heavy atom. The van der Waals surface area contributed by atoms with Gasteiger partial charge < -0.3 is 10.1 Å². The number of hydrogen-bond donors (Lipinski definition) is 1. The van der Waals surface area contributed by atoms with Gasteiger partial charge in [0.25, 0.3) is 5.91 Å². The molecule has 0 aliphatic carbocycles. The van der Waals surface area contributed by atoms with Gasteiger partial charge in [0, 0.05) is 21.6 Å². The van der Waals surface area contributed by atoms with Gasteiger partial charge in [-0.15, -0.1) is 5.10 Å². The van der Waals surface area contributed by atoms with Crippen molar-refractivity contribution in [1.82, 2.24) is 14.9 Å². The highest BCUT2D eigenvalue weighted by molar-refractivity contribution is 9.10. The predicted octanol–water partition coefficient (Wildman–Crippen LogP) is 2.43. The molecule has 1 N–H and O–H groups in total. The first kappa shape index (κ1) is 15.9. The highest BCUT2D eigenvalue weighted by Gasteiger charge is 2.11. The average molecular weight is 391 g/mol. The minimum atomic E-state index is -0.579. The van der Waals surface area contributed by atoms with E-state index in [2.05, 4.69) is 30.8 Å². The van der Waals surface area contributed by atoms with E-state index in [0.29, 0.717) is 15.6 Å². The van der Waals surface area contributed by atoms with Crippen molar-refractivity contribution in [3.8, 4) is 0 Å². The normalized spacial score (nSPS) is 10.2. The highest BCUT2D eigenvalue weighted by atomic mass is 79.9. The number of rotatable bonds is 5. The van der Waals surface area contributed by atoms with Crippen LogP contribution in [-0.2, 0) is 16.1 Å². The van der Waals surface area contributed by atoms with Gasteiger partial charge in [0.1, 0.15) is 23.2 Å². The standard InChI is InChI=1S/C12H9BrClN3O3S/c13-8-3-1-7(2-4-8)12(19)15-5-10(18)20-6-9-11(14)21-17-16-9/h1-4H,5-6H2,(H,15,19). The second-order valence-electron chi connectivity index (χ2n) is 3.84. The fraction of sp³-hybridized carbons (Fsp3) is 0.167. The highest BCUT2D eigenvalue weighted by Crippen LogP contribution is 2.17. The summed E-state index contributed by atoms with van der Waals surface area (Å²) >= 11 is 10.1. The van der Waals surface area contributed by atoms with Gasteiger partial charge in [-0.25, -0.2) is 0 Å². The Labute approximate surface area is 137 Å². The summed E-state index contributed by atoms with van der Waals surface area (Å²) < 4.78 is 9.79. The Morgan fingerprint density at radius 2 is 2.05 bits per heavy atom. The number of halogens is 2. The molecule has 21 heavy (non-hydrogen) atoms. The number of carbonyl (C=O) groups is 2. The van der Waals surface area contributed by atoms with Gasteiger partial charge in [-0.05, 0) is 24.3 Å². The van der Waals surface area contributed by atoms with E-state index in [1.807, 2.05) is 0 Å². The zero-order chi connectivity index (χ0) is 15.2. The molecule has 110 valence electrons. The number of benzene rings is 1. The van der Waals surface area contributed by atoms with E-state index in [0.717, 1.165) is 16.0 Å². The molecule has 0 unspecified atom stereocenters. The fourth-order valence-corrected chi connectivity index (χ4v) is 2.20. The largest absolute Gasteiger partial charge is 0.458 e. The molecule has 0 saturated heterocycles. The minimum Gasteiger partial charge on any atom is -0.458 e. The van der Waals surface area contributed by atoms with Crippen molar-refractivity contribution in [3.63, 3.8) is 0 Å². The third-order valence-corrected chi connectivity index (χ3v) is 3.89. The molecule has 2 aromatic rings. The van der Waals surface area contributed by atoms with Crippen molar-refractivity contribution < 1.29 is 14.3 Å². The Hall–Kier alpha value is -1.51. The molecular formula is C12H9BrClN3O3S. The number of amides is 1. The summed E-state index contributed by atoms with van der Waals surface area (Å²) in [7, 11) is 0. The molecule has 0 aliphatic heterocycles. The van der Waals surface area contributed by atoms with Gasteiger partial charge in [0.15, 0.2) is 0 Å². The van der Waals surface area contributed by atoms with Crippen LogP contribution < -0.4 is 5.32 Å². The van der Waals surface area contributed by atoms with Gasteiger partial charge in [0.05, 0.1) is 0 Å². The Balaban J connectivity index is 1.77. The summed E-state index contributed by atoms with van der Waals surface area (Å²) in [6.07, 6.45) is 0. The van der Waals surface area contributed by atoms with Crippen LogP contribution >= 0.6 is 39.1 Å². The molecule has 0 radical (unpaired) electrons. The van der Waals surface area contributed by atoms with Crippen molar-refractivity contribution >= 4 is 50.9 Å². The lowest BCUT2D eigenvalue weighted by molar-refractivity contribution is -0.143. The molecule has 1 aromatic heterocycles. The molecule has 0 saturated carbocycles. The minimum absolute atomic E-state index is 0.0671. The molecule has 0 atom stereocenters. The van der Waals surface area contributed by atoms with Gasteiger partial charge in [-0.3, -0.25) is 9.59 Å². The van der Waals surface area contributed by atoms with Crippen molar-refractivity contribution in [3.05, 3.63) is 44.3 Å². The SMILES string of the molecule is O=C(CNC(=O)c1ccc(Br)cc1)OCc1nnsc1Cl. The van der Waals surface area contributed by atoms with Crippen molar-refractivity contribution in [2.45, 2.75) is 6.61 Å². The molecule has 2 rings (SSSR count). The quantitative estimate of drug-likeness (QED) is 0.793. The number of hydrogen-bond acceptors (Lipinski definition) is 6. The van der Waals surface area contributed by atoms with Crippen LogP contribution in [0.15, 0.2) is 28.7 Å². The molecule has 0 bridgehead atoms. The van der Waals surface area contributed by atoms with Crippen LogP contribution in [0.25, 0.3) is 0 Å². The predicted molar refractivity (Wildman–Crippen MR) is 81.2 cm³/mol. The Kier molecular flexibility index (Phi) is 5.66. The average Bonchev–Trinajstić information content (AvgIpc) is 2.88.